The van der Waals surface area contributed by atoms with Gasteiger partial charge in [-0.05, 0) is 32.6 Å². The molecule has 1 aliphatic heterocycles. The lowest BCUT2D eigenvalue weighted by molar-refractivity contribution is -0.139. The number of nitriles is 1. The fraction of sp³-hybridized carbons (Fsp3) is 0.889. The van der Waals surface area contributed by atoms with Crippen molar-refractivity contribution in [1.82, 2.24) is 9.21 Å². The maximum absolute atomic E-state index is 13.5. The fourth-order valence-corrected chi connectivity index (χ4v) is 7.65. The first kappa shape index (κ1) is 18.7. The van der Waals surface area contributed by atoms with Gasteiger partial charge in [-0.2, -0.15) is 9.57 Å². The highest BCUT2D eigenvalue weighted by atomic mass is 32.2. The zero-order valence-electron chi connectivity index (χ0n) is 15.2. The summed E-state index contributed by atoms with van der Waals surface area (Å²) in [5.41, 5.74) is 0. The summed E-state index contributed by atoms with van der Waals surface area (Å²) in [5.74, 6) is -0.365. The quantitative estimate of drug-likeness (QED) is 0.750. The number of fused-ring (bicyclic) bond motifs is 1. The van der Waals surface area contributed by atoms with E-state index in [0.29, 0.717) is 19.4 Å². The van der Waals surface area contributed by atoms with Crippen molar-refractivity contribution >= 4 is 15.9 Å². The van der Waals surface area contributed by atoms with Crippen LogP contribution in [0, 0.1) is 17.2 Å². The average molecular weight is 368 g/mol. The van der Waals surface area contributed by atoms with Crippen molar-refractivity contribution in [3.8, 4) is 6.07 Å². The molecule has 3 rings (SSSR count). The van der Waals surface area contributed by atoms with Gasteiger partial charge in [0.2, 0.25) is 15.9 Å². The molecule has 3 aliphatic rings. The molecule has 7 heteroatoms. The predicted octanol–water partition coefficient (Wildman–Crippen LogP) is 2.26. The Hall–Kier alpha value is -1.13. The number of nitrogens with zero attached hydrogens (tertiary/aromatic N) is 3. The van der Waals surface area contributed by atoms with Crippen molar-refractivity contribution in [2.75, 3.05) is 6.54 Å². The molecule has 0 N–H and O–H groups in total. The maximum Gasteiger partial charge on any atom is 0.220 e. The van der Waals surface area contributed by atoms with Crippen molar-refractivity contribution in [2.24, 2.45) is 5.92 Å². The molecule has 3 fully saturated rings. The number of sulfonamides is 1. The number of hydrogen-bond acceptors (Lipinski definition) is 4. The van der Waals surface area contributed by atoms with Crippen molar-refractivity contribution < 1.29 is 13.2 Å². The van der Waals surface area contributed by atoms with Gasteiger partial charge in [0.15, 0.2) is 0 Å². The molecule has 25 heavy (non-hydrogen) atoms. The van der Waals surface area contributed by atoms with Crippen LogP contribution in [0.5, 0.6) is 0 Å². The van der Waals surface area contributed by atoms with Crippen molar-refractivity contribution in [1.29, 1.82) is 5.26 Å². The largest absolute Gasteiger partial charge is 0.334 e. The Kier molecular flexibility index (Phi) is 5.40. The van der Waals surface area contributed by atoms with Gasteiger partial charge in [0.1, 0.15) is 0 Å². The minimum absolute atomic E-state index is 0.0195. The third-order valence-corrected chi connectivity index (χ3v) is 8.68. The van der Waals surface area contributed by atoms with Crippen molar-refractivity contribution in [2.45, 2.75) is 88.6 Å². The van der Waals surface area contributed by atoms with Crippen LogP contribution in [0.2, 0.25) is 0 Å². The standard InChI is InChI=1S/C18H29N3O3S/c1-13-12-20(16-8-4-5-9-17(16)21(13)14(2)22)25(23,24)18-10-6-3-7-15(18)11-19/h13,15-18H,3-10,12H2,1-2H3/t13-,15?,16?,17?,18?/m0/s1. The second-order valence-electron chi connectivity index (χ2n) is 7.87. The SMILES string of the molecule is CC(=O)N1C2CCCCC2N(S(=O)(=O)C2CCCCC2C#N)C[C@@H]1C. The summed E-state index contributed by atoms with van der Waals surface area (Å²) in [7, 11) is -3.53. The number of piperazine rings is 1. The van der Waals surface area contributed by atoms with E-state index in [2.05, 4.69) is 6.07 Å². The monoisotopic (exact) mass is 367 g/mol. The Bertz CT molecular complexity index is 657. The number of amides is 1. The highest BCUT2D eigenvalue weighted by molar-refractivity contribution is 7.89. The second-order valence-corrected chi connectivity index (χ2v) is 9.97. The van der Waals surface area contributed by atoms with Crippen LogP contribution in [0.1, 0.15) is 65.2 Å². The molecule has 140 valence electrons. The third-order valence-electron chi connectivity index (χ3n) is 6.28. The zero-order valence-corrected chi connectivity index (χ0v) is 16.0. The second kappa shape index (κ2) is 7.24. The molecule has 1 saturated heterocycles. The average Bonchev–Trinajstić information content (AvgIpc) is 2.60. The number of carbonyl (C=O) groups excluding carboxylic acids is 1. The Labute approximate surface area is 151 Å². The Morgan fingerprint density at radius 2 is 1.64 bits per heavy atom. The molecule has 6 nitrogen and oxygen atoms in total. The van der Waals surface area contributed by atoms with E-state index in [-0.39, 0.29) is 24.0 Å². The summed E-state index contributed by atoms with van der Waals surface area (Å²) in [4.78, 5) is 14.0. The van der Waals surface area contributed by atoms with Crippen molar-refractivity contribution in [3.05, 3.63) is 0 Å². The normalized spacial score (nSPS) is 37.2. The van der Waals surface area contributed by atoms with E-state index in [9.17, 15) is 18.5 Å². The summed E-state index contributed by atoms with van der Waals surface area (Å²) < 4.78 is 28.6. The van der Waals surface area contributed by atoms with E-state index in [1.807, 2.05) is 11.8 Å². The lowest BCUT2D eigenvalue weighted by Crippen LogP contribution is -2.67. The first-order chi connectivity index (χ1) is 11.9. The molecule has 1 heterocycles. The molecular weight excluding hydrogens is 338 g/mol. The fourth-order valence-electron chi connectivity index (χ4n) is 5.17. The molecular formula is C18H29N3O3S. The van der Waals surface area contributed by atoms with Crippen molar-refractivity contribution in [3.63, 3.8) is 0 Å². The summed E-state index contributed by atoms with van der Waals surface area (Å²) in [6, 6.07) is 1.98. The third kappa shape index (κ3) is 3.31. The predicted molar refractivity (Wildman–Crippen MR) is 95.0 cm³/mol. The maximum atomic E-state index is 13.5. The lowest BCUT2D eigenvalue weighted by Gasteiger charge is -2.52. The van der Waals surface area contributed by atoms with E-state index >= 15 is 0 Å². The lowest BCUT2D eigenvalue weighted by atomic mass is 9.86. The summed E-state index contributed by atoms with van der Waals surface area (Å²) in [6.07, 6.45) is 6.79. The van der Waals surface area contributed by atoms with E-state index in [0.717, 1.165) is 38.5 Å². The first-order valence-electron chi connectivity index (χ1n) is 9.57. The first-order valence-corrected chi connectivity index (χ1v) is 11.1. The van der Waals surface area contributed by atoms with Gasteiger partial charge in [0.25, 0.3) is 0 Å². The number of hydrogen-bond donors (Lipinski definition) is 0. The van der Waals surface area contributed by atoms with Crippen LogP contribution in [0.3, 0.4) is 0 Å². The molecule has 0 bridgehead atoms. The molecule has 5 atom stereocenters. The highest BCUT2D eigenvalue weighted by Gasteiger charge is 2.50. The van der Waals surface area contributed by atoms with Gasteiger partial charge in [-0.1, -0.05) is 25.7 Å². The van der Waals surface area contributed by atoms with Crippen LogP contribution >= 0.6 is 0 Å². The molecule has 4 unspecified atom stereocenters. The molecule has 1 amide bonds. The van der Waals surface area contributed by atoms with Gasteiger partial charge in [-0.25, -0.2) is 8.42 Å². The van der Waals surface area contributed by atoms with E-state index in [1.54, 1.807) is 11.2 Å². The van der Waals surface area contributed by atoms with Crippen LogP contribution < -0.4 is 0 Å². The number of rotatable bonds is 2. The Morgan fingerprint density at radius 3 is 2.28 bits per heavy atom. The number of carbonyl (C=O) groups is 1. The molecule has 2 saturated carbocycles. The molecule has 0 spiro atoms. The highest BCUT2D eigenvalue weighted by Crippen LogP contribution is 2.38. The summed E-state index contributed by atoms with van der Waals surface area (Å²) in [5, 5.41) is 8.86. The van der Waals surface area contributed by atoms with Gasteiger partial charge in [0.05, 0.1) is 17.2 Å². The van der Waals surface area contributed by atoms with Gasteiger partial charge < -0.3 is 4.90 Å². The van der Waals surface area contributed by atoms with Crippen LogP contribution in [0.25, 0.3) is 0 Å². The van der Waals surface area contributed by atoms with E-state index in [4.69, 9.17) is 0 Å². The molecule has 0 aromatic carbocycles. The Morgan fingerprint density at radius 1 is 1.04 bits per heavy atom. The topological polar surface area (TPSA) is 81.5 Å². The molecule has 2 aliphatic carbocycles. The van der Waals surface area contributed by atoms with Crippen LogP contribution in [0.4, 0.5) is 0 Å². The molecule has 0 aromatic rings. The van der Waals surface area contributed by atoms with Gasteiger partial charge in [0, 0.05) is 31.6 Å². The summed E-state index contributed by atoms with van der Waals surface area (Å²) in [6.45, 7) is 3.88. The minimum Gasteiger partial charge on any atom is -0.334 e. The molecule has 0 radical (unpaired) electrons. The van der Waals surface area contributed by atoms with E-state index < -0.39 is 21.2 Å². The smallest absolute Gasteiger partial charge is 0.220 e. The minimum atomic E-state index is -3.53. The van der Waals surface area contributed by atoms with Gasteiger partial charge in [-0.3, -0.25) is 4.79 Å². The van der Waals surface area contributed by atoms with Gasteiger partial charge in [-0.15, -0.1) is 0 Å². The van der Waals surface area contributed by atoms with E-state index in [1.165, 1.54) is 0 Å². The van der Waals surface area contributed by atoms with Crippen LogP contribution in [-0.2, 0) is 14.8 Å². The van der Waals surface area contributed by atoms with Gasteiger partial charge >= 0.3 is 0 Å². The Balaban J connectivity index is 1.92. The molecule has 0 aromatic heterocycles. The van der Waals surface area contributed by atoms with Crippen LogP contribution in [-0.4, -0.2) is 53.5 Å². The zero-order chi connectivity index (χ0) is 18.2. The summed E-state index contributed by atoms with van der Waals surface area (Å²) >= 11 is 0. The van der Waals surface area contributed by atoms with Crippen LogP contribution in [0.15, 0.2) is 0 Å².